The van der Waals surface area contributed by atoms with Crippen LogP contribution < -0.4 is 15.0 Å². The lowest BCUT2D eigenvalue weighted by Crippen LogP contribution is -2.37. The molecule has 0 spiro atoms. The number of carbonyl (C=O) groups is 1. The Kier molecular flexibility index (Phi) is 7.71. The van der Waals surface area contributed by atoms with Gasteiger partial charge in [-0.05, 0) is 24.3 Å². The van der Waals surface area contributed by atoms with Crippen LogP contribution >= 0.6 is 0 Å². The van der Waals surface area contributed by atoms with Crippen molar-refractivity contribution in [1.29, 1.82) is 0 Å². The number of hydrogen-bond acceptors (Lipinski definition) is 7. The third kappa shape index (κ3) is 6.11. The molecule has 1 aliphatic rings. The van der Waals surface area contributed by atoms with Gasteiger partial charge in [-0.2, -0.15) is 13.2 Å². The van der Waals surface area contributed by atoms with E-state index in [-0.39, 0.29) is 35.9 Å². The molecule has 0 saturated carbocycles. The molecule has 1 fully saturated rings. The number of morpholine rings is 1. The number of halogens is 3. The van der Waals surface area contributed by atoms with Crippen LogP contribution in [0.2, 0.25) is 0 Å². The number of nitro groups is 1. The molecular weight excluding hydrogens is 447 g/mol. The standard InChI is InChI=1S/C21H22F3N3O6/c1-31-10-11-33-19-5-2-14(21(22,23)24)12-17(19)25-20(28)16-13-15(27(29)30)3-4-18(16)26-6-8-32-9-7-26/h2-5,12-13H,6-11H2,1H3,(H,25,28). The smallest absolute Gasteiger partial charge is 0.416 e. The summed E-state index contributed by atoms with van der Waals surface area (Å²) in [4.78, 5) is 25.6. The fraction of sp³-hybridized carbons (Fsp3) is 0.381. The average molecular weight is 469 g/mol. The van der Waals surface area contributed by atoms with E-state index in [0.29, 0.717) is 32.0 Å². The summed E-state index contributed by atoms with van der Waals surface area (Å²) in [5.41, 5.74) is -1.16. The van der Waals surface area contributed by atoms with Crippen molar-refractivity contribution in [3.8, 4) is 5.75 Å². The second-order valence-corrected chi connectivity index (χ2v) is 7.06. The summed E-state index contributed by atoms with van der Waals surface area (Å²) in [5.74, 6) is -0.803. The van der Waals surface area contributed by atoms with Crippen molar-refractivity contribution in [3.05, 3.63) is 57.6 Å². The molecule has 1 aliphatic heterocycles. The summed E-state index contributed by atoms with van der Waals surface area (Å²) < 4.78 is 55.4. The molecule has 0 radical (unpaired) electrons. The first-order chi connectivity index (χ1) is 15.7. The van der Waals surface area contributed by atoms with Gasteiger partial charge in [0.2, 0.25) is 0 Å². The van der Waals surface area contributed by atoms with Crippen molar-refractivity contribution in [1.82, 2.24) is 0 Å². The number of carbonyl (C=O) groups excluding carboxylic acids is 1. The molecule has 0 bridgehead atoms. The number of nitrogens with one attached hydrogen (secondary N) is 1. The number of hydrogen-bond donors (Lipinski definition) is 1. The summed E-state index contributed by atoms with van der Waals surface area (Å²) in [5, 5.41) is 13.7. The van der Waals surface area contributed by atoms with Crippen LogP contribution in [0.5, 0.6) is 5.75 Å². The second-order valence-electron chi connectivity index (χ2n) is 7.06. The quantitative estimate of drug-likeness (QED) is 0.357. The topological polar surface area (TPSA) is 103 Å². The maximum atomic E-state index is 13.2. The van der Waals surface area contributed by atoms with E-state index in [0.717, 1.165) is 24.3 Å². The Morgan fingerprint density at radius 2 is 1.91 bits per heavy atom. The largest absolute Gasteiger partial charge is 0.489 e. The number of anilines is 2. The number of nitrogens with zero attached hydrogens (tertiary/aromatic N) is 2. The molecule has 0 atom stereocenters. The first-order valence-electron chi connectivity index (χ1n) is 9.96. The van der Waals surface area contributed by atoms with E-state index in [1.165, 1.54) is 19.2 Å². The van der Waals surface area contributed by atoms with Gasteiger partial charge in [0.25, 0.3) is 11.6 Å². The molecule has 1 N–H and O–H groups in total. The highest BCUT2D eigenvalue weighted by molar-refractivity contribution is 6.09. The summed E-state index contributed by atoms with van der Waals surface area (Å²) in [6, 6.07) is 6.51. The fourth-order valence-corrected chi connectivity index (χ4v) is 3.25. The van der Waals surface area contributed by atoms with Gasteiger partial charge < -0.3 is 24.4 Å². The van der Waals surface area contributed by atoms with E-state index in [4.69, 9.17) is 14.2 Å². The zero-order chi connectivity index (χ0) is 24.0. The van der Waals surface area contributed by atoms with Crippen LogP contribution in [-0.4, -0.2) is 57.5 Å². The summed E-state index contributed by atoms with van der Waals surface area (Å²) in [6.07, 6.45) is -4.64. The summed E-state index contributed by atoms with van der Waals surface area (Å²) in [6.45, 7) is 1.94. The number of amides is 1. The van der Waals surface area contributed by atoms with Gasteiger partial charge in [-0.15, -0.1) is 0 Å². The van der Waals surface area contributed by atoms with Crippen molar-refractivity contribution >= 4 is 23.0 Å². The van der Waals surface area contributed by atoms with E-state index in [9.17, 15) is 28.1 Å². The molecule has 0 aromatic heterocycles. The van der Waals surface area contributed by atoms with E-state index in [2.05, 4.69) is 5.32 Å². The monoisotopic (exact) mass is 469 g/mol. The van der Waals surface area contributed by atoms with Gasteiger partial charge in [0, 0.05) is 32.3 Å². The third-order valence-electron chi connectivity index (χ3n) is 4.89. The van der Waals surface area contributed by atoms with E-state index in [1.807, 2.05) is 4.90 Å². The molecule has 3 rings (SSSR count). The Morgan fingerprint density at radius 3 is 2.55 bits per heavy atom. The van der Waals surface area contributed by atoms with Gasteiger partial charge in [0.1, 0.15) is 12.4 Å². The Labute approximate surface area is 187 Å². The van der Waals surface area contributed by atoms with E-state index in [1.54, 1.807) is 0 Å². The summed E-state index contributed by atoms with van der Waals surface area (Å²) >= 11 is 0. The van der Waals surface area contributed by atoms with Gasteiger partial charge in [0.05, 0.1) is 47.2 Å². The normalized spacial score (nSPS) is 14.1. The maximum absolute atomic E-state index is 13.2. The number of methoxy groups -OCH3 is 1. The highest BCUT2D eigenvalue weighted by atomic mass is 19.4. The minimum atomic E-state index is -4.64. The zero-order valence-electron chi connectivity index (χ0n) is 17.7. The summed E-state index contributed by atoms with van der Waals surface area (Å²) in [7, 11) is 1.44. The number of nitro benzene ring substituents is 1. The SMILES string of the molecule is COCCOc1ccc(C(F)(F)F)cc1NC(=O)c1cc([N+](=O)[O-])ccc1N1CCOCC1. The van der Waals surface area contributed by atoms with Crippen LogP contribution in [0.15, 0.2) is 36.4 Å². The molecule has 33 heavy (non-hydrogen) atoms. The molecule has 2 aromatic rings. The molecule has 0 aliphatic carbocycles. The van der Waals surface area contributed by atoms with Gasteiger partial charge in [-0.3, -0.25) is 14.9 Å². The minimum absolute atomic E-state index is 0.00625. The number of ether oxygens (including phenoxy) is 3. The predicted molar refractivity (Wildman–Crippen MR) is 113 cm³/mol. The lowest BCUT2D eigenvalue weighted by molar-refractivity contribution is -0.384. The third-order valence-corrected chi connectivity index (χ3v) is 4.89. The van der Waals surface area contributed by atoms with Crippen LogP contribution in [0.4, 0.5) is 30.2 Å². The number of benzene rings is 2. The average Bonchev–Trinajstić information content (AvgIpc) is 2.79. The molecule has 12 heteroatoms. The van der Waals surface area contributed by atoms with Crippen LogP contribution in [0.3, 0.4) is 0 Å². The Bertz CT molecular complexity index is 1010. The minimum Gasteiger partial charge on any atom is -0.489 e. The molecule has 1 saturated heterocycles. The van der Waals surface area contributed by atoms with Crippen molar-refractivity contribution in [2.45, 2.75) is 6.18 Å². The number of alkyl halides is 3. The maximum Gasteiger partial charge on any atom is 0.416 e. The molecule has 0 unspecified atom stereocenters. The van der Waals surface area contributed by atoms with Gasteiger partial charge in [-0.25, -0.2) is 0 Å². The molecule has 2 aromatic carbocycles. The highest BCUT2D eigenvalue weighted by Crippen LogP contribution is 2.36. The van der Waals surface area contributed by atoms with Crippen molar-refractivity contribution in [2.75, 3.05) is 56.8 Å². The Morgan fingerprint density at radius 1 is 1.18 bits per heavy atom. The molecule has 9 nitrogen and oxygen atoms in total. The second kappa shape index (κ2) is 10.5. The number of rotatable bonds is 8. The fourth-order valence-electron chi connectivity index (χ4n) is 3.25. The molecule has 1 heterocycles. The lowest BCUT2D eigenvalue weighted by Gasteiger charge is -2.30. The Balaban J connectivity index is 1.97. The van der Waals surface area contributed by atoms with E-state index < -0.39 is 22.6 Å². The molecular formula is C21H22F3N3O6. The first kappa shape index (κ1) is 24.3. The zero-order valence-corrected chi connectivity index (χ0v) is 17.7. The van der Waals surface area contributed by atoms with Gasteiger partial charge in [0.15, 0.2) is 0 Å². The van der Waals surface area contributed by atoms with Crippen LogP contribution in [0, 0.1) is 10.1 Å². The van der Waals surface area contributed by atoms with Crippen molar-refractivity contribution in [3.63, 3.8) is 0 Å². The highest BCUT2D eigenvalue weighted by Gasteiger charge is 2.32. The van der Waals surface area contributed by atoms with Gasteiger partial charge in [-0.1, -0.05) is 0 Å². The van der Waals surface area contributed by atoms with Gasteiger partial charge >= 0.3 is 6.18 Å². The van der Waals surface area contributed by atoms with Crippen LogP contribution in [0.25, 0.3) is 0 Å². The molecule has 178 valence electrons. The van der Waals surface area contributed by atoms with Crippen molar-refractivity contribution < 1.29 is 37.1 Å². The number of non-ortho nitro benzene ring substituents is 1. The van der Waals surface area contributed by atoms with Crippen molar-refractivity contribution in [2.24, 2.45) is 0 Å². The lowest BCUT2D eigenvalue weighted by atomic mass is 10.1. The predicted octanol–water partition coefficient (Wildman–Crippen LogP) is 3.73. The first-order valence-corrected chi connectivity index (χ1v) is 9.96. The molecule has 1 amide bonds. The Hall–Kier alpha value is -3.38. The van der Waals surface area contributed by atoms with Crippen LogP contribution in [-0.2, 0) is 15.7 Å². The van der Waals surface area contributed by atoms with E-state index >= 15 is 0 Å². The van der Waals surface area contributed by atoms with Crippen LogP contribution in [0.1, 0.15) is 15.9 Å².